The third-order valence-corrected chi connectivity index (χ3v) is 35.0. The van der Waals surface area contributed by atoms with E-state index in [1.165, 1.54) is 12.8 Å². The van der Waals surface area contributed by atoms with Crippen molar-refractivity contribution in [1.82, 2.24) is 0 Å². The van der Waals surface area contributed by atoms with Crippen molar-refractivity contribution in [2.24, 2.45) is 0 Å². The zero-order valence-corrected chi connectivity index (χ0v) is 17.9. The van der Waals surface area contributed by atoms with Gasteiger partial charge in [-0.1, -0.05) is 52.6 Å². The van der Waals surface area contributed by atoms with E-state index in [4.69, 9.17) is 8.85 Å². The van der Waals surface area contributed by atoms with Crippen molar-refractivity contribution < 1.29 is 8.85 Å². The van der Waals surface area contributed by atoms with E-state index in [0.717, 1.165) is 5.28 Å². The van der Waals surface area contributed by atoms with Crippen LogP contribution >= 0.6 is 7.02 Å². The summed E-state index contributed by atoms with van der Waals surface area (Å²) in [7, 11) is 0.114. The summed E-state index contributed by atoms with van der Waals surface area (Å²) in [5.74, 6) is 0. The smallest absolute Gasteiger partial charge is 0.327 e. The fourth-order valence-corrected chi connectivity index (χ4v) is 51.9. The lowest BCUT2D eigenvalue weighted by atomic mass is 10.4. The highest BCUT2D eigenvalue weighted by Crippen LogP contribution is 2.60. The minimum atomic E-state index is -1.48. The van der Waals surface area contributed by atoms with Gasteiger partial charge in [-0.25, -0.2) is 0 Å². The largest absolute Gasteiger partial charge is 0.400 e. The summed E-state index contributed by atoms with van der Waals surface area (Å²) >= 11 is 0. The minimum Gasteiger partial charge on any atom is -0.400 e. The van der Waals surface area contributed by atoms with Crippen LogP contribution in [0.1, 0.15) is 19.8 Å². The van der Waals surface area contributed by atoms with Gasteiger partial charge in [-0.3, -0.25) is 0 Å². The van der Waals surface area contributed by atoms with Crippen molar-refractivity contribution in [2.75, 3.05) is 14.2 Å². The third kappa shape index (κ3) is 5.55. The normalized spacial score (nSPS) is 15.5. The van der Waals surface area contributed by atoms with Gasteiger partial charge in [0.05, 0.1) is 15.5 Å². The lowest BCUT2D eigenvalue weighted by Gasteiger charge is -2.46. The van der Waals surface area contributed by atoms with E-state index in [1.807, 2.05) is 14.2 Å². The molecular formula is C12H33O2PSi3. The Labute approximate surface area is 119 Å². The van der Waals surface area contributed by atoms with Gasteiger partial charge in [-0.05, 0) is 6.42 Å². The summed E-state index contributed by atoms with van der Waals surface area (Å²) < 4.78 is 11.5. The molecule has 0 amide bonds. The van der Waals surface area contributed by atoms with Crippen molar-refractivity contribution in [3.63, 3.8) is 0 Å². The fraction of sp³-hybridized carbons (Fsp3) is 1.00. The molecule has 0 fully saturated rings. The number of rotatable bonds is 8. The highest BCUT2D eigenvalue weighted by molar-refractivity contribution is 8.19. The molecule has 6 heteroatoms. The van der Waals surface area contributed by atoms with Crippen molar-refractivity contribution in [3.05, 3.63) is 0 Å². The first-order chi connectivity index (χ1) is 8.09. The van der Waals surface area contributed by atoms with Crippen LogP contribution in [0.3, 0.4) is 0 Å². The van der Waals surface area contributed by atoms with Crippen LogP contribution < -0.4 is 0 Å². The quantitative estimate of drug-likeness (QED) is 0.488. The fourth-order valence-electron chi connectivity index (χ4n) is 3.09. The van der Waals surface area contributed by atoms with Crippen LogP contribution in [-0.2, 0) is 8.85 Å². The molecule has 0 aromatic carbocycles. The molecule has 0 radical (unpaired) electrons. The van der Waals surface area contributed by atoms with E-state index in [9.17, 15) is 0 Å². The molecule has 0 N–H and O–H groups in total. The van der Waals surface area contributed by atoms with Gasteiger partial charge in [-0.2, -0.15) is 0 Å². The minimum absolute atomic E-state index is 0.126. The molecule has 0 aliphatic rings. The van der Waals surface area contributed by atoms with Gasteiger partial charge in [-0.15, -0.1) is 7.02 Å². The molecule has 0 aromatic heterocycles. The zero-order chi connectivity index (χ0) is 14.6. The Morgan fingerprint density at radius 3 is 1.56 bits per heavy atom. The summed E-state index contributed by atoms with van der Waals surface area (Å²) in [6, 6.07) is 0. The van der Waals surface area contributed by atoms with Gasteiger partial charge < -0.3 is 8.85 Å². The Morgan fingerprint density at radius 2 is 1.33 bits per heavy atom. The number of hydrogen-bond acceptors (Lipinski definition) is 2. The van der Waals surface area contributed by atoms with Crippen molar-refractivity contribution in [3.8, 4) is 0 Å². The highest BCUT2D eigenvalue weighted by Gasteiger charge is 2.45. The summed E-state index contributed by atoms with van der Waals surface area (Å²) in [5.41, 5.74) is 0. The van der Waals surface area contributed by atoms with E-state index >= 15 is 0 Å². The Balaban J connectivity index is 5.36. The molecular weight excluding hydrogens is 291 g/mol. The maximum absolute atomic E-state index is 5.76. The van der Waals surface area contributed by atoms with Gasteiger partial charge in [0, 0.05) is 19.5 Å². The van der Waals surface area contributed by atoms with Crippen LogP contribution in [0.25, 0.3) is 0 Å². The average molecular weight is 325 g/mol. The van der Waals surface area contributed by atoms with Gasteiger partial charge in [0.25, 0.3) is 0 Å². The first-order valence-electron chi connectivity index (χ1n) is 6.94. The van der Waals surface area contributed by atoms with Gasteiger partial charge in [0.15, 0.2) is 0 Å². The highest BCUT2D eigenvalue weighted by atomic mass is 31.6. The monoisotopic (exact) mass is 324 g/mol. The Hall–Kier alpha value is 1.00. The topological polar surface area (TPSA) is 18.5 Å². The second-order valence-electron chi connectivity index (χ2n) is 6.91. The van der Waals surface area contributed by atoms with Crippen LogP contribution in [0.4, 0.5) is 0 Å². The summed E-state index contributed by atoms with van der Waals surface area (Å²) in [4.78, 5) is 0. The molecule has 1 unspecified atom stereocenters. The first-order valence-corrected chi connectivity index (χ1v) is 18.6. The molecule has 0 aliphatic heterocycles. The predicted octanol–water partition coefficient (Wildman–Crippen LogP) is 4.36. The molecule has 0 heterocycles. The second kappa shape index (κ2) is 7.70. The van der Waals surface area contributed by atoms with Crippen LogP contribution in [0.15, 0.2) is 0 Å². The molecule has 0 aromatic rings. The molecule has 0 aliphatic carbocycles. The Bertz CT molecular complexity index is 220. The van der Waals surface area contributed by atoms with Crippen molar-refractivity contribution in [2.45, 2.75) is 64.3 Å². The molecule has 0 saturated heterocycles. The Kier molecular flexibility index (Phi) is 8.12. The lowest BCUT2D eigenvalue weighted by Crippen LogP contribution is -2.45. The van der Waals surface area contributed by atoms with E-state index in [1.54, 1.807) is 0 Å². The molecule has 2 nitrogen and oxygen atoms in total. The molecule has 0 bridgehead atoms. The molecule has 0 rings (SSSR count). The van der Waals surface area contributed by atoms with Gasteiger partial charge in [0.2, 0.25) is 0 Å². The van der Waals surface area contributed by atoms with Crippen LogP contribution in [0.5, 0.6) is 0 Å². The van der Waals surface area contributed by atoms with E-state index in [-0.39, 0.29) is 7.02 Å². The first kappa shape index (κ1) is 19.0. The maximum Gasteiger partial charge on any atom is 0.327 e. The second-order valence-corrected chi connectivity index (χ2v) is 32.3. The van der Waals surface area contributed by atoms with E-state index < -0.39 is 24.8 Å². The molecule has 0 spiro atoms. The van der Waals surface area contributed by atoms with Crippen LogP contribution in [0, 0.1) is 0 Å². The van der Waals surface area contributed by atoms with Gasteiger partial charge in [0.1, 0.15) is 0 Å². The van der Waals surface area contributed by atoms with E-state index in [0.29, 0.717) is 0 Å². The van der Waals surface area contributed by atoms with Crippen LogP contribution in [0.2, 0.25) is 39.3 Å². The third-order valence-electron chi connectivity index (χ3n) is 3.14. The predicted molar refractivity (Wildman–Crippen MR) is 93.5 cm³/mol. The van der Waals surface area contributed by atoms with E-state index in [2.05, 4.69) is 46.2 Å². The maximum atomic E-state index is 5.76. The zero-order valence-electron chi connectivity index (χ0n) is 13.8. The van der Waals surface area contributed by atoms with Gasteiger partial charge >= 0.3 is 9.28 Å². The number of hydrogen-bond donors (Lipinski definition) is 0. The van der Waals surface area contributed by atoms with Crippen molar-refractivity contribution >= 4 is 31.8 Å². The molecule has 18 heavy (non-hydrogen) atoms. The summed E-state index contributed by atoms with van der Waals surface area (Å²) in [5, 5.41) is 0.762. The summed E-state index contributed by atoms with van der Waals surface area (Å²) in [6.45, 7) is 17.6. The molecule has 1 atom stereocenters. The Morgan fingerprint density at radius 1 is 0.944 bits per heavy atom. The summed E-state index contributed by atoms with van der Waals surface area (Å²) in [6.07, 6.45) is 2.56. The average Bonchev–Trinajstić information content (AvgIpc) is 2.15. The standard InChI is InChI=1S/C12H33O2PSi3/c1-10-11-12(16(13-2)14-3)15(17(4,5)6)18(7,8)9/h12,16H,10-11H2,1-9H3. The molecule has 110 valence electrons. The SMILES string of the molecule is CCCC([SiH](OC)OC)P([Si](C)(C)C)[Si](C)(C)C. The van der Waals surface area contributed by atoms with Crippen molar-refractivity contribution in [1.29, 1.82) is 0 Å². The molecule has 0 saturated carbocycles. The van der Waals surface area contributed by atoms with Crippen LogP contribution in [-0.4, -0.2) is 44.3 Å². The lowest BCUT2D eigenvalue weighted by molar-refractivity contribution is 0.274.